The molecule has 0 bridgehead atoms. The van der Waals surface area contributed by atoms with Crippen LogP contribution < -0.4 is 4.74 Å². The number of methoxy groups -OCH3 is 1. The number of imidazole rings is 1. The van der Waals surface area contributed by atoms with Crippen LogP contribution in [0.25, 0.3) is 17.8 Å². The maximum Gasteiger partial charge on any atom is 0.238 e. The Morgan fingerprint density at radius 3 is 2.72 bits per heavy atom. The molecule has 1 aliphatic heterocycles. The number of aromatic nitrogens is 6. The molecule has 0 spiro atoms. The lowest BCUT2D eigenvalue weighted by Gasteiger charge is -2.23. The molecule has 1 aromatic carbocycles. The molecule has 0 saturated heterocycles. The molecule has 8 nitrogen and oxygen atoms in total. The summed E-state index contributed by atoms with van der Waals surface area (Å²) < 4.78 is 15.2. The summed E-state index contributed by atoms with van der Waals surface area (Å²) in [6, 6.07) is 11.5. The van der Waals surface area contributed by atoms with E-state index >= 15 is 0 Å². The van der Waals surface area contributed by atoms with Gasteiger partial charge in [0.05, 0.1) is 38.0 Å². The molecule has 0 amide bonds. The van der Waals surface area contributed by atoms with E-state index in [0.29, 0.717) is 29.9 Å². The van der Waals surface area contributed by atoms with Crippen molar-refractivity contribution in [1.29, 1.82) is 0 Å². The predicted molar refractivity (Wildman–Crippen MR) is 121 cm³/mol. The van der Waals surface area contributed by atoms with Crippen molar-refractivity contribution in [3.05, 3.63) is 82.5 Å². The Morgan fingerprint density at radius 1 is 1.12 bits per heavy atom. The minimum Gasteiger partial charge on any atom is -0.479 e. The number of halogens is 1. The summed E-state index contributed by atoms with van der Waals surface area (Å²) in [5, 5.41) is 5.30. The van der Waals surface area contributed by atoms with E-state index in [1.165, 1.54) is 0 Å². The molecule has 0 unspecified atom stereocenters. The summed E-state index contributed by atoms with van der Waals surface area (Å²) in [4.78, 5) is 13.5. The average molecular weight is 449 g/mol. The highest BCUT2D eigenvalue weighted by Gasteiger charge is 2.26. The number of hydrogen-bond acceptors (Lipinski definition) is 6. The quantitative estimate of drug-likeness (QED) is 0.457. The first-order valence-corrected chi connectivity index (χ1v) is 10.5. The smallest absolute Gasteiger partial charge is 0.238 e. The molecule has 3 aromatic heterocycles. The van der Waals surface area contributed by atoms with E-state index in [-0.39, 0.29) is 6.10 Å². The third-order valence-corrected chi connectivity index (χ3v) is 5.41. The molecule has 0 aliphatic carbocycles. The summed E-state index contributed by atoms with van der Waals surface area (Å²) in [5.74, 6) is 1.88. The normalized spacial score (nSPS) is 15.8. The molecule has 4 aromatic rings. The van der Waals surface area contributed by atoms with Gasteiger partial charge in [-0.25, -0.2) is 19.6 Å². The molecule has 0 N–H and O–H groups in total. The molecule has 1 atom stereocenters. The lowest BCUT2D eigenvalue weighted by atomic mass is 10.1. The van der Waals surface area contributed by atoms with Gasteiger partial charge in [0.1, 0.15) is 11.8 Å². The first-order chi connectivity index (χ1) is 15.6. The number of pyridine rings is 1. The van der Waals surface area contributed by atoms with Crippen molar-refractivity contribution in [3.63, 3.8) is 0 Å². The van der Waals surface area contributed by atoms with Crippen LogP contribution in [0.15, 0.2) is 48.9 Å². The van der Waals surface area contributed by atoms with Crippen LogP contribution in [-0.4, -0.2) is 43.0 Å². The summed E-state index contributed by atoms with van der Waals surface area (Å²) in [6.07, 6.45) is 7.10. The highest BCUT2D eigenvalue weighted by Crippen LogP contribution is 2.29. The Morgan fingerprint density at radius 2 is 1.97 bits per heavy atom. The Labute approximate surface area is 190 Å². The van der Waals surface area contributed by atoms with Gasteiger partial charge in [0, 0.05) is 11.2 Å². The summed E-state index contributed by atoms with van der Waals surface area (Å²) in [7, 11) is 1.60. The van der Waals surface area contributed by atoms with Gasteiger partial charge in [-0.1, -0.05) is 23.7 Å². The van der Waals surface area contributed by atoms with Crippen LogP contribution in [0.5, 0.6) is 5.88 Å². The first kappa shape index (κ1) is 20.4. The highest BCUT2D eigenvalue weighted by atomic mass is 35.5. The Bertz CT molecular complexity index is 1280. The molecule has 1 aliphatic rings. The number of benzene rings is 1. The van der Waals surface area contributed by atoms with Gasteiger partial charge in [-0.05, 0) is 48.9 Å². The molecular weight excluding hydrogens is 428 g/mol. The SMILES string of the molecule is COc1nc(/C=C/c2nc3n(n2)CCO[C@@H]3c2ccc(Cl)cc2)ccc1-n1cnc(C)c1. The first-order valence-electron chi connectivity index (χ1n) is 10.2. The maximum absolute atomic E-state index is 6.02. The summed E-state index contributed by atoms with van der Waals surface area (Å²) >= 11 is 6.02. The van der Waals surface area contributed by atoms with Gasteiger partial charge in [-0.15, -0.1) is 0 Å². The molecule has 162 valence electrons. The largest absolute Gasteiger partial charge is 0.479 e. The minimum absolute atomic E-state index is 0.271. The van der Waals surface area contributed by atoms with Gasteiger partial charge in [0.25, 0.3) is 0 Å². The van der Waals surface area contributed by atoms with Gasteiger partial charge < -0.3 is 14.0 Å². The van der Waals surface area contributed by atoms with Gasteiger partial charge in [-0.2, -0.15) is 5.10 Å². The second-order valence-corrected chi connectivity index (χ2v) is 7.81. The predicted octanol–water partition coefficient (Wildman–Crippen LogP) is 4.12. The van der Waals surface area contributed by atoms with Crippen molar-refractivity contribution >= 4 is 23.8 Å². The second kappa shape index (κ2) is 8.57. The second-order valence-electron chi connectivity index (χ2n) is 7.37. The van der Waals surface area contributed by atoms with Crippen molar-refractivity contribution in [1.82, 2.24) is 29.3 Å². The standard InChI is InChI=1S/C23H21ClN6O2/c1-15-13-29(14-25-15)19-9-7-18(26-23(19)31-2)8-10-20-27-22-21(32-12-11-30(22)28-20)16-3-5-17(24)6-4-16/h3-10,13-14,21H,11-12H2,1-2H3/b10-8+/t21-/m1/s1. The fourth-order valence-corrected chi connectivity index (χ4v) is 3.74. The molecule has 0 radical (unpaired) electrons. The van der Waals surface area contributed by atoms with E-state index in [4.69, 9.17) is 26.1 Å². The molecule has 0 fully saturated rings. The molecule has 0 saturated carbocycles. The number of hydrogen-bond donors (Lipinski definition) is 0. The summed E-state index contributed by atoms with van der Waals surface area (Å²) in [5.41, 5.74) is 3.48. The third-order valence-electron chi connectivity index (χ3n) is 5.16. The zero-order valence-electron chi connectivity index (χ0n) is 17.6. The Kier molecular flexibility index (Phi) is 5.46. The number of ether oxygens (including phenoxy) is 2. The van der Waals surface area contributed by atoms with E-state index in [0.717, 1.165) is 28.5 Å². The topological polar surface area (TPSA) is 79.9 Å². The van der Waals surface area contributed by atoms with Crippen molar-refractivity contribution in [2.24, 2.45) is 0 Å². The van der Waals surface area contributed by atoms with Crippen LogP contribution >= 0.6 is 11.6 Å². The zero-order chi connectivity index (χ0) is 22.1. The van der Waals surface area contributed by atoms with Crippen molar-refractivity contribution < 1.29 is 9.47 Å². The van der Waals surface area contributed by atoms with Crippen molar-refractivity contribution in [2.75, 3.05) is 13.7 Å². The lowest BCUT2D eigenvalue weighted by molar-refractivity contribution is 0.0390. The van der Waals surface area contributed by atoms with E-state index < -0.39 is 0 Å². The van der Waals surface area contributed by atoms with Gasteiger partial charge in [-0.3, -0.25) is 0 Å². The number of rotatable bonds is 5. The Hall–Kier alpha value is -3.49. The van der Waals surface area contributed by atoms with Crippen molar-refractivity contribution in [3.8, 4) is 11.6 Å². The van der Waals surface area contributed by atoms with Crippen LogP contribution in [0.2, 0.25) is 5.02 Å². The molecule has 32 heavy (non-hydrogen) atoms. The number of nitrogens with zero attached hydrogens (tertiary/aromatic N) is 6. The molecular formula is C23H21ClN6O2. The van der Waals surface area contributed by atoms with Crippen LogP contribution in [0.3, 0.4) is 0 Å². The van der Waals surface area contributed by atoms with Crippen LogP contribution in [-0.2, 0) is 11.3 Å². The fraction of sp³-hybridized carbons (Fsp3) is 0.217. The van der Waals surface area contributed by atoms with Crippen LogP contribution in [0.1, 0.15) is 34.7 Å². The third kappa shape index (κ3) is 4.02. The molecule has 5 rings (SSSR count). The van der Waals surface area contributed by atoms with Gasteiger partial charge in [0.2, 0.25) is 5.88 Å². The fourth-order valence-electron chi connectivity index (χ4n) is 3.62. The number of fused-ring (bicyclic) bond motifs is 1. The monoisotopic (exact) mass is 448 g/mol. The molecule has 9 heteroatoms. The van der Waals surface area contributed by atoms with E-state index in [2.05, 4.69) is 15.1 Å². The lowest BCUT2D eigenvalue weighted by Crippen LogP contribution is -2.23. The van der Waals surface area contributed by atoms with Crippen molar-refractivity contribution in [2.45, 2.75) is 19.6 Å². The van der Waals surface area contributed by atoms with Gasteiger partial charge in [0.15, 0.2) is 11.6 Å². The number of aryl methyl sites for hydroxylation is 1. The average Bonchev–Trinajstić information content (AvgIpc) is 3.43. The summed E-state index contributed by atoms with van der Waals surface area (Å²) in [6.45, 7) is 3.17. The van der Waals surface area contributed by atoms with Crippen LogP contribution in [0.4, 0.5) is 0 Å². The van der Waals surface area contributed by atoms with E-state index in [9.17, 15) is 0 Å². The van der Waals surface area contributed by atoms with E-state index in [1.54, 1.807) is 13.4 Å². The highest BCUT2D eigenvalue weighted by molar-refractivity contribution is 6.30. The molecule has 4 heterocycles. The van der Waals surface area contributed by atoms with Crippen LogP contribution in [0, 0.1) is 6.92 Å². The van der Waals surface area contributed by atoms with Gasteiger partial charge >= 0.3 is 0 Å². The zero-order valence-corrected chi connectivity index (χ0v) is 18.4. The minimum atomic E-state index is -0.271. The Balaban J connectivity index is 1.40. The maximum atomic E-state index is 6.02. The van der Waals surface area contributed by atoms with E-state index in [1.807, 2.05) is 70.9 Å².